The Morgan fingerprint density at radius 1 is 1.24 bits per heavy atom. The molecule has 0 saturated carbocycles. The Morgan fingerprint density at radius 3 is 2.59 bits per heavy atom. The van der Waals surface area contributed by atoms with Crippen molar-refractivity contribution in [2.24, 2.45) is 5.10 Å². The van der Waals surface area contributed by atoms with E-state index < -0.39 is 12.1 Å². The van der Waals surface area contributed by atoms with Gasteiger partial charge < -0.3 is 9.47 Å². The topological polar surface area (TPSA) is 82.8 Å². The van der Waals surface area contributed by atoms with E-state index >= 15 is 0 Å². The fraction of sp³-hybridized carbons (Fsp3) is 0.333. The van der Waals surface area contributed by atoms with Crippen LogP contribution in [0, 0.1) is 7.14 Å². The highest BCUT2D eigenvalue weighted by atomic mass is 127. The summed E-state index contributed by atoms with van der Waals surface area (Å²) in [6.45, 7) is 5.82. The second-order valence-corrected chi connectivity index (χ2v) is 10.7. The van der Waals surface area contributed by atoms with E-state index in [1.807, 2.05) is 24.3 Å². The number of ether oxygens (including phenoxy) is 2. The lowest BCUT2D eigenvalue weighted by Gasteiger charge is -2.16. The average molecular weight is 752 g/mol. The normalized spacial score (nSPS) is 12.3. The SMILES string of the molecule is CCCCc1nc2ccc(Br)cc2c(=O)n1N=Cc1cc(I)c(O[C@H](C)C(=O)OCC)c(I)c1. The lowest BCUT2D eigenvalue weighted by atomic mass is 10.2. The number of benzene rings is 2. The van der Waals surface area contributed by atoms with Gasteiger partial charge in [-0.1, -0.05) is 29.3 Å². The van der Waals surface area contributed by atoms with Crippen LogP contribution in [0.2, 0.25) is 0 Å². The Labute approximate surface area is 233 Å². The van der Waals surface area contributed by atoms with Gasteiger partial charge in [0, 0.05) is 10.9 Å². The number of aryl methyl sites for hydroxylation is 1. The number of rotatable bonds is 9. The maximum Gasteiger partial charge on any atom is 0.347 e. The van der Waals surface area contributed by atoms with Crippen LogP contribution in [0.15, 0.2) is 44.7 Å². The first-order chi connectivity index (χ1) is 16.2. The molecule has 10 heteroatoms. The Bertz CT molecular complexity index is 1270. The van der Waals surface area contributed by atoms with Crippen LogP contribution in [-0.4, -0.2) is 34.6 Å². The van der Waals surface area contributed by atoms with Crippen molar-refractivity contribution in [3.05, 3.63) is 63.7 Å². The molecule has 0 fully saturated rings. The fourth-order valence-corrected chi connectivity index (χ4v) is 5.62. The molecule has 0 bridgehead atoms. The highest BCUT2D eigenvalue weighted by Crippen LogP contribution is 2.29. The van der Waals surface area contributed by atoms with Crippen LogP contribution in [0.5, 0.6) is 5.75 Å². The van der Waals surface area contributed by atoms with Crippen molar-refractivity contribution in [3.8, 4) is 5.75 Å². The molecule has 0 aliphatic rings. The van der Waals surface area contributed by atoms with Gasteiger partial charge >= 0.3 is 5.97 Å². The first-order valence-electron chi connectivity index (χ1n) is 10.8. The third-order valence-electron chi connectivity index (χ3n) is 4.89. The van der Waals surface area contributed by atoms with Crippen LogP contribution in [0.3, 0.4) is 0 Å². The number of halogens is 3. The monoisotopic (exact) mass is 751 g/mol. The molecule has 3 rings (SSSR count). The molecule has 0 aliphatic heterocycles. The number of nitrogens with zero attached hydrogens (tertiary/aromatic N) is 3. The molecule has 0 amide bonds. The van der Waals surface area contributed by atoms with Crippen LogP contribution in [-0.2, 0) is 16.0 Å². The summed E-state index contributed by atoms with van der Waals surface area (Å²) in [6.07, 6.45) is 3.47. The van der Waals surface area contributed by atoms with E-state index in [9.17, 15) is 9.59 Å². The number of carbonyl (C=O) groups is 1. The Balaban J connectivity index is 1.97. The summed E-state index contributed by atoms with van der Waals surface area (Å²) in [5.41, 5.74) is 1.25. The van der Waals surface area contributed by atoms with Gasteiger partial charge in [0.25, 0.3) is 5.56 Å². The molecular formula is C24H24BrI2N3O4. The molecule has 34 heavy (non-hydrogen) atoms. The first-order valence-corrected chi connectivity index (χ1v) is 13.8. The molecule has 1 heterocycles. The number of aromatic nitrogens is 2. The molecular weight excluding hydrogens is 728 g/mol. The van der Waals surface area contributed by atoms with Crippen LogP contribution < -0.4 is 10.3 Å². The van der Waals surface area contributed by atoms with Crippen LogP contribution in [0.1, 0.15) is 45.0 Å². The third kappa shape index (κ3) is 6.56. The zero-order valence-corrected chi connectivity index (χ0v) is 24.9. The lowest BCUT2D eigenvalue weighted by molar-refractivity contribution is -0.150. The molecule has 0 N–H and O–H groups in total. The molecule has 1 aromatic heterocycles. The van der Waals surface area contributed by atoms with Crippen molar-refractivity contribution in [2.75, 3.05) is 6.61 Å². The van der Waals surface area contributed by atoms with Crippen molar-refractivity contribution >= 4 is 84.2 Å². The van der Waals surface area contributed by atoms with E-state index in [4.69, 9.17) is 14.5 Å². The number of fused-ring (bicyclic) bond motifs is 1. The van der Waals surface area contributed by atoms with E-state index in [-0.39, 0.29) is 5.56 Å². The number of esters is 1. The van der Waals surface area contributed by atoms with Crippen molar-refractivity contribution in [3.63, 3.8) is 0 Å². The highest BCUT2D eigenvalue weighted by molar-refractivity contribution is 14.1. The van der Waals surface area contributed by atoms with E-state index in [1.54, 1.807) is 26.1 Å². The van der Waals surface area contributed by atoms with Gasteiger partial charge in [-0.25, -0.2) is 9.78 Å². The molecule has 0 aliphatic carbocycles. The van der Waals surface area contributed by atoms with Crippen molar-refractivity contribution in [1.29, 1.82) is 0 Å². The minimum absolute atomic E-state index is 0.207. The molecule has 0 spiro atoms. The summed E-state index contributed by atoms with van der Waals surface area (Å²) in [4.78, 5) is 29.9. The molecule has 180 valence electrons. The van der Waals surface area contributed by atoms with Crippen molar-refractivity contribution in [1.82, 2.24) is 9.66 Å². The third-order valence-corrected chi connectivity index (χ3v) is 6.98. The Morgan fingerprint density at radius 2 is 1.94 bits per heavy atom. The smallest absolute Gasteiger partial charge is 0.347 e. The minimum atomic E-state index is -0.718. The quantitative estimate of drug-likeness (QED) is 0.154. The lowest BCUT2D eigenvalue weighted by Crippen LogP contribution is -2.26. The Kier molecular flexibility index (Phi) is 9.89. The fourth-order valence-electron chi connectivity index (χ4n) is 3.19. The van der Waals surface area contributed by atoms with Gasteiger partial charge in [0.05, 0.1) is 30.9 Å². The standard InChI is InChI=1S/C24H24BrI2N3O4/c1-4-6-7-21-29-20-9-8-16(25)12-17(20)23(31)30(21)28-13-15-10-18(26)22(19(27)11-15)34-14(3)24(32)33-5-2/h8-14H,4-7H2,1-3H3/t14-/m1/s1. The van der Waals surface area contributed by atoms with E-state index in [2.05, 4.69) is 73.1 Å². The van der Waals surface area contributed by atoms with Crippen molar-refractivity contribution < 1.29 is 14.3 Å². The van der Waals surface area contributed by atoms with Crippen LogP contribution in [0.25, 0.3) is 10.9 Å². The molecule has 3 aromatic rings. The number of carbonyl (C=O) groups excluding carboxylic acids is 1. The molecule has 1 atom stereocenters. The zero-order valence-electron chi connectivity index (χ0n) is 19.0. The second kappa shape index (κ2) is 12.4. The van der Waals surface area contributed by atoms with Gasteiger partial charge in [-0.2, -0.15) is 9.78 Å². The van der Waals surface area contributed by atoms with Crippen LogP contribution >= 0.6 is 61.1 Å². The summed E-state index contributed by atoms with van der Waals surface area (Å²) in [6, 6.07) is 9.26. The molecule has 0 radical (unpaired) electrons. The summed E-state index contributed by atoms with van der Waals surface area (Å²) in [7, 11) is 0. The average Bonchev–Trinajstić information content (AvgIpc) is 2.80. The molecule has 2 aromatic carbocycles. The van der Waals surface area contributed by atoms with Gasteiger partial charge in [-0.05, 0) is 101 Å². The number of hydrogen-bond acceptors (Lipinski definition) is 6. The van der Waals surface area contributed by atoms with Crippen LogP contribution in [0.4, 0.5) is 0 Å². The maximum atomic E-state index is 13.2. The number of hydrogen-bond donors (Lipinski definition) is 0. The molecule has 7 nitrogen and oxygen atoms in total. The van der Waals surface area contributed by atoms with E-state index in [1.165, 1.54) is 4.68 Å². The summed E-state index contributed by atoms with van der Waals surface area (Å²) >= 11 is 7.75. The highest BCUT2D eigenvalue weighted by Gasteiger charge is 2.19. The maximum absolute atomic E-state index is 13.2. The van der Waals surface area contributed by atoms with E-state index in [0.717, 1.165) is 30.0 Å². The molecule has 0 unspecified atom stereocenters. The van der Waals surface area contributed by atoms with Crippen molar-refractivity contribution in [2.45, 2.75) is 46.1 Å². The predicted octanol–water partition coefficient (Wildman–Crippen LogP) is 5.92. The van der Waals surface area contributed by atoms with E-state index in [0.29, 0.717) is 35.5 Å². The summed E-state index contributed by atoms with van der Waals surface area (Å²) < 4.78 is 14.7. The second-order valence-electron chi connectivity index (χ2n) is 7.48. The van der Waals surface area contributed by atoms with Gasteiger partial charge in [0.1, 0.15) is 11.6 Å². The van der Waals surface area contributed by atoms with Gasteiger partial charge in [-0.3, -0.25) is 4.79 Å². The first kappa shape index (κ1) is 27.1. The summed E-state index contributed by atoms with van der Waals surface area (Å²) in [5.74, 6) is 0.830. The number of unbranched alkanes of at least 4 members (excludes halogenated alkanes) is 1. The predicted molar refractivity (Wildman–Crippen MR) is 154 cm³/mol. The molecule has 0 saturated heterocycles. The minimum Gasteiger partial charge on any atom is -0.477 e. The Hall–Kier alpha value is -1.54. The largest absolute Gasteiger partial charge is 0.477 e. The summed E-state index contributed by atoms with van der Waals surface area (Å²) in [5, 5.41) is 5.02. The van der Waals surface area contributed by atoms with Gasteiger partial charge in [0.15, 0.2) is 6.10 Å². The zero-order chi connectivity index (χ0) is 24.8. The van der Waals surface area contributed by atoms with Gasteiger partial charge in [0.2, 0.25) is 0 Å². The van der Waals surface area contributed by atoms with Gasteiger partial charge in [-0.15, -0.1) is 0 Å².